The van der Waals surface area contributed by atoms with E-state index in [1.165, 1.54) is 24.8 Å². The molecule has 29 heavy (non-hydrogen) atoms. The lowest BCUT2D eigenvalue weighted by Crippen LogP contribution is -2.67. The maximum Gasteiger partial charge on any atom is 0.237 e. The average molecular weight is 397 g/mol. The highest BCUT2D eigenvalue weighted by atomic mass is 16.3. The third-order valence-corrected chi connectivity index (χ3v) is 8.51. The van der Waals surface area contributed by atoms with Crippen LogP contribution in [-0.4, -0.2) is 46.7 Å². The summed E-state index contributed by atoms with van der Waals surface area (Å²) in [5, 5.41) is 14.6. The topological polar surface area (TPSA) is 52.6 Å². The smallest absolute Gasteiger partial charge is 0.237 e. The Morgan fingerprint density at radius 3 is 2.41 bits per heavy atom. The molecule has 4 atom stereocenters. The minimum Gasteiger partial charge on any atom is -0.388 e. The van der Waals surface area contributed by atoms with E-state index in [9.17, 15) is 9.90 Å². The molecule has 2 N–H and O–H groups in total. The molecule has 1 saturated heterocycles. The van der Waals surface area contributed by atoms with Gasteiger partial charge < -0.3 is 10.4 Å². The van der Waals surface area contributed by atoms with Crippen LogP contribution in [0.4, 0.5) is 0 Å². The monoisotopic (exact) mass is 396 g/mol. The largest absolute Gasteiger partial charge is 0.388 e. The lowest BCUT2D eigenvalue weighted by Gasteiger charge is -2.59. The van der Waals surface area contributed by atoms with Crippen molar-refractivity contribution in [1.82, 2.24) is 10.2 Å². The Kier molecular flexibility index (Phi) is 5.19. The summed E-state index contributed by atoms with van der Waals surface area (Å²) in [5.41, 5.74) is 0.777. The number of carbonyl (C=O) groups excluding carboxylic acids is 1. The first-order valence-corrected chi connectivity index (χ1v) is 11.8. The minimum atomic E-state index is -0.646. The predicted molar refractivity (Wildman–Crippen MR) is 114 cm³/mol. The van der Waals surface area contributed by atoms with Crippen LogP contribution >= 0.6 is 0 Å². The zero-order chi connectivity index (χ0) is 20.0. The number of hydrogen-bond acceptors (Lipinski definition) is 3. The maximum atomic E-state index is 13.1. The summed E-state index contributed by atoms with van der Waals surface area (Å²) < 4.78 is 0. The number of piperidine rings is 1. The van der Waals surface area contributed by atoms with E-state index >= 15 is 0 Å². The summed E-state index contributed by atoms with van der Waals surface area (Å²) in [6.45, 7) is 4.04. The average Bonchev–Trinajstić information content (AvgIpc) is 2.70. The number of amides is 1. The van der Waals surface area contributed by atoms with Gasteiger partial charge in [0.05, 0.1) is 17.7 Å². The molecule has 158 valence electrons. The first-order valence-electron chi connectivity index (χ1n) is 11.8. The minimum absolute atomic E-state index is 0.0270. The van der Waals surface area contributed by atoms with Crippen molar-refractivity contribution in [2.75, 3.05) is 13.1 Å². The van der Waals surface area contributed by atoms with Gasteiger partial charge in [-0.2, -0.15) is 0 Å². The third kappa shape index (κ3) is 3.86. The molecule has 1 aliphatic heterocycles. The van der Waals surface area contributed by atoms with Gasteiger partial charge in [-0.3, -0.25) is 9.69 Å². The van der Waals surface area contributed by atoms with Crippen molar-refractivity contribution in [1.29, 1.82) is 0 Å². The van der Waals surface area contributed by atoms with Crippen molar-refractivity contribution in [3.05, 3.63) is 35.9 Å². The highest BCUT2D eigenvalue weighted by molar-refractivity contribution is 5.81. The molecule has 4 nitrogen and oxygen atoms in total. The highest BCUT2D eigenvalue weighted by Crippen LogP contribution is 2.55. The normalized spacial score (nSPS) is 38.1. The molecule has 1 aromatic carbocycles. The molecule has 1 heterocycles. The van der Waals surface area contributed by atoms with Gasteiger partial charge in [-0.25, -0.2) is 0 Å². The van der Waals surface area contributed by atoms with Crippen LogP contribution in [0.1, 0.15) is 57.4 Å². The van der Waals surface area contributed by atoms with E-state index in [2.05, 4.69) is 40.5 Å². The van der Waals surface area contributed by atoms with Gasteiger partial charge in [0.25, 0.3) is 0 Å². The van der Waals surface area contributed by atoms with Crippen molar-refractivity contribution in [3.8, 4) is 0 Å². The van der Waals surface area contributed by atoms with Gasteiger partial charge in [0.1, 0.15) is 0 Å². The SMILES string of the molecule is CC(C(=O)NC1C2CC3CC(C2)CC1(O)C3)N1CCC(Cc2ccccc2)CC1. The Labute approximate surface area is 175 Å². The molecular weight excluding hydrogens is 360 g/mol. The van der Waals surface area contributed by atoms with Gasteiger partial charge in [0, 0.05) is 0 Å². The fourth-order valence-electron chi connectivity index (χ4n) is 7.18. The van der Waals surface area contributed by atoms with Gasteiger partial charge in [0.2, 0.25) is 5.91 Å². The summed E-state index contributed by atoms with van der Waals surface area (Å²) in [6.07, 6.45) is 8.94. The second kappa shape index (κ2) is 7.70. The second-order valence-corrected chi connectivity index (χ2v) is 10.5. The molecule has 5 aliphatic rings. The number of likely N-dealkylation sites (tertiary alicyclic amines) is 1. The zero-order valence-electron chi connectivity index (χ0n) is 17.7. The molecule has 1 amide bonds. The molecule has 1 aromatic rings. The van der Waals surface area contributed by atoms with Crippen LogP contribution < -0.4 is 5.32 Å². The summed E-state index contributed by atoms with van der Waals surface area (Å²) in [4.78, 5) is 15.4. The second-order valence-electron chi connectivity index (χ2n) is 10.5. The third-order valence-electron chi connectivity index (χ3n) is 8.51. The number of aliphatic hydroxyl groups is 1. The quantitative estimate of drug-likeness (QED) is 0.802. The van der Waals surface area contributed by atoms with E-state index < -0.39 is 5.60 Å². The summed E-state index contributed by atoms with van der Waals surface area (Å²) in [5.74, 6) is 2.70. The van der Waals surface area contributed by atoms with Crippen LogP contribution in [0.2, 0.25) is 0 Å². The van der Waals surface area contributed by atoms with Gasteiger partial charge in [-0.1, -0.05) is 30.3 Å². The lowest BCUT2D eigenvalue weighted by atomic mass is 9.52. The first-order chi connectivity index (χ1) is 14.0. The molecular formula is C25H36N2O2. The number of benzene rings is 1. The first kappa shape index (κ1) is 19.6. The Morgan fingerprint density at radius 1 is 1.14 bits per heavy atom. The van der Waals surface area contributed by atoms with E-state index in [-0.39, 0.29) is 18.0 Å². The molecule has 4 heteroatoms. The molecule has 0 radical (unpaired) electrons. The van der Waals surface area contributed by atoms with E-state index in [1.807, 2.05) is 6.92 Å². The number of nitrogens with zero attached hydrogens (tertiary/aromatic N) is 1. The fraction of sp³-hybridized carbons (Fsp3) is 0.720. The van der Waals surface area contributed by atoms with E-state index in [4.69, 9.17) is 0 Å². The Balaban J connectivity index is 1.14. The molecule has 0 aromatic heterocycles. The lowest BCUT2D eigenvalue weighted by molar-refractivity contribution is -0.159. The maximum absolute atomic E-state index is 13.1. The number of rotatable bonds is 5. The number of hydrogen-bond donors (Lipinski definition) is 2. The predicted octanol–water partition coefficient (Wildman–Crippen LogP) is 3.39. The molecule has 5 fully saturated rings. The van der Waals surface area contributed by atoms with Crippen molar-refractivity contribution >= 4 is 5.91 Å². The van der Waals surface area contributed by atoms with Crippen molar-refractivity contribution < 1.29 is 9.90 Å². The number of nitrogens with one attached hydrogen (secondary N) is 1. The van der Waals surface area contributed by atoms with Crippen molar-refractivity contribution in [3.63, 3.8) is 0 Å². The number of carbonyl (C=O) groups is 1. The molecule has 6 rings (SSSR count). The van der Waals surface area contributed by atoms with E-state index in [0.717, 1.165) is 45.2 Å². The van der Waals surface area contributed by atoms with Gasteiger partial charge in [-0.15, -0.1) is 0 Å². The summed E-state index contributed by atoms with van der Waals surface area (Å²) >= 11 is 0. The highest BCUT2D eigenvalue weighted by Gasteiger charge is 2.57. The van der Waals surface area contributed by atoms with Gasteiger partial charge >= 0.3 is 0 Å². The van der Waals surface area contributed by atoms with E-state index in [1.54, 1.807) is 0 Å². The Morgan fingerprint density at radius 2 is 1.79 bits per heavy atom. The molecule has 4 aliphatic carbocycles. The van der Waals surface area contributed by atoms with Gasteiger partial charge in [-0.05, 0) is 101 Å². The van der Waals surface area contributed by atoms with Crippen LogP contribution in [0.5, 0.6) is 0 Å². The molecule has 0 spiro atoms. The van der Waals surface area contributed by atoms with Crippen LogP contribution in [0, 0.1) is 23.7 Å². The van der Waals surface area contributed by atoms with Crippen molar-refractivity contribution in [2.45, 2.75) is 76.0 Å². The molecule has 4 bridgehead atoms. The Bertz CT molecular complexity index is 714. The van der Waals surface area contributed by atoms with Crippen LogP contribution in [0.25, 0.3) is 0 Å². The fourth-order valence-corrected chi connectivity index (χ4v) is 7.18. The molecule has 4 unspecified atom stereocenters. The zero-order valence-corrected chi connectivity index (χ0v) is 17.7. The van der Waals surface area contributed by atoms with Gasteiger partial charge in [0.15, 0.2) is 0 Å². The standard InChI is InChI=1S/C25H36N2O2/c1-17(27-9-7-19(8-10-27)11-18-5-3-2-4-6-18)24(28)26-23-22-13-20-12-21(14-22)16-25(23,29)15-20/h2-6,17,19-23,29H,7-16H2,1H3,(H,26,28). The summed E-state index contributed by atoms with van der Waals surface area (Å²) in [7, 11) is 0. The van der Waals surface area contributed by atoms with Crippen LogP contribution in [0.15, 0.2) is 30.3 Å². The van der Waals surface area contributed by atoms with Crippen LogP contribution in [0.3, 0.4) is 0 Å². The Hall–Kier alpha value is -1.39. The summed E-state index contributed by atoms with van der Waals surface area (Å²) in [6, 6.07) is 10.6. The van der Waals surface area contributed by atoms with Crippen LogP contribution in [-0.2, 0) is 11.2 Å². The van der Waals surface area contributed by atoms with E-state index in [0.29, 0.717) is 23.7 Å². The van der Waals surface area contributed by atoms with Crippen molar-refractivity contribution in [2.24, 2.45) is 23.7 Å². The molecule has 4 saturated carbocycles.